The van der Waals surface area contributed by atoms with E-state index in [-0.39, 0.29) is 36.5 Å². The lowest BCUT2D eigenvalue weighted by atomic mass is 9.99. The number of likely N-dealkylation sites (tertiary alicyclic amines) is 1. The highest BCUT2D eigenvalue weighted by atomic mass is 127. The van der Waals surface area contributed by atoms with Crippen molar-refractivity contribution in [1.82, 2.24) is 15.5 Å². The van der Waals surface area contributed by atoms with Gasteiger partial charge in [0.05, 0.1) is 5.69 Å². The summed E-state index contributed by atoms with van der Waals surface area (Å²) in [5, 5.41) is 6.76. The Hall–Kier alpha value is -1.55. The molecule has 2 aliphatic rings. The molecular weight excluding hydrogens is 505 g/mol. The molecule has 1 saturated heterocycles. The molecule has 0 atom stereocenters. The van der Waals surface area contributed by atoms with E-state index in [0.29, 0.717) is 13.1 Å². The van der Waals surface area contributed by atoms with Crippen molar-refractivity contribution in [3.63, 3.8) is 0 Å². The van der Waals surface area contributed by atoms with Crippen molar-refractivity contribution in [2.75, 3.05) is 57.3 Å². The summed E-state index contributed by atoms with van der Waals surface area (Å²) in [6.45, 7) is 11.2. The standard InChI is InChI=1S/C23H37N5O2.HI/c1-3-24-23(25-12-6-14-27-16-10-19(2)11-17-27)26-13-7-15-28-20-8-4-5-9-21(20)30-18-22(28)29;/h4-5,8-9,19H,3,6-7,10-18H2,1-2H3,(H2,24,25,26);1H. The van der Waals surface area contributed by atoms with E-state index < -0.39 is 0 Å². The fourth-order valence-electron chi connectivity index (χ4n) is 3.96. The van der Waals surface area contributed by atoms with Gasteiger partial charge in [-0.3, -0.25) is 9.79 Å². The van der Waals surface area contributed by atoms with Gasteiger partial charge >= 0.3 is 0 Å². The number of amides is 1. The number of carbonyl (C=O) groups excluding carboxylic acids is 1. The largest absolute Gasteiger partial charge is 0.482 e. The molecule has 3 rings (SSSR count). The van der Waals surface area contributed by atoms with Crippen molar-refractivity contribution in [3.8, 4) is 5.75 Å². The van der Waals surface area contributed by atoms with Gasteiger partial charge in [-0.05, 0) is 70.3 Å². The normalized spacial score (nSPS) is 17.5. The summed E-state index contributed by atoms with van der Waals surface area (Å²) in [5.74, 6) is 2.53. The number of rotatable bonds is 9. The van der Waals surface area contributed by atoms with Crippen LogP contribution in [0, 0.1) is 5.92 Å². The lowest BCUT2D eigenvalue weighted by Crippen LogP contribution is -2.40. The number of halogens is 1. The summed E-state index contributed by atoms with van der Waals surface area (Å²) < 4.78 is 5.50. The van der Waals surface area contributed by atoms with Crippen molar-refractivity contribution in [1.29, 1.82) is 0 Å². The van der Waals surface area contributed by atoms with Crippen LogP contribution < -0.4 is 20.3 Å². The molecule has 0 aromatic heterocycles. The van der Waals surface area contributed by atoms with E-state index in [0.717, 1.165) is 55.8 Å². The van der Waals surface area contributed by atoms with Gasteiger partial charge in [-0.15, -0.1) is 24.0 Å². The topological polar surface area (TPSA) is 69.2 Å². The quantitative estimate of drug-likeness (QED) is 0.217. The third kappa shape index (κ3) is 8.14. The zero-order valence-corrected chi connectivity index (χ0v) is 21.3. The van der Waals surface area contributed by atoms with E-state index in [4.69, 9.17) is 4.74 Å². The molecule has 1 aromatic carbocycles. The lowest BCUT2D eigenvalue weighted by molar-refractivity contribution is -0.121. The van der Waals surface area contributed by atoms with Crippen LogP contribution in [-0.2, 0) is 4.79 Å². The summed E-state index contributed by atoms with van der Waals surface area (Å²) in [6.07, 6.45) is 4.59. The molecule has 2 aliphatic heterocycles. The highest BCUT2D eigenvalue weighted by Crippen LogP contribution is 2.31. The number of fused-ring (bicyclic) bond motifs is 1. The minimum absolute atomic E-state index is 0. The Balaban J connectivity index is 0.00000341. The molecule has 0 aliphatic carbocycles. The van der Waals surface area contributed by atoms with Crippen LogP contribution in [0.5, 0.6) is 5.75 Å². The number of benzene rings is 1. The number of carbonyl (C=O) groups is 1. The fourth-order valence-corrected chi connectivity index (χ4v) is 3.96. The van der Waals surface area contributed by atoms with Gasteiger partial charge in [0.25, 0.3) is 5.91 Å². The Labute approximate surface area is 204 Å². The van der Waals surface area contributed by atoms with Crippen LogP contribution in [-0.4, -0.2) is 69.2 Å². The van der Waals surface area contributed by atoms with E-state index in [1.807, 2.05) is 29.2 Å². The Kier molecular flexibility index (Phi) is 11.4. The average molecular weight is 543 g/mol. The van der Waals surface area contributed by atoms with Gasteiger partial charge in [0, 0.05) is 26.2 Å². The zero-order valence-electron chi connectivity index (χ0n) is 18.9. The molecule has 0 radical (unpaired) electrons. The number of nitrogens with one attached hydrogen (secondary N) is 2. The second kappa shape index (κ2) is 13.8. The molecule has 0 unspecified atom stereocenters. The van der Waals surface area contributed by atoms with Gasteiger partial charge in [-0.1, -0.05) is 19.1 Å². The van der Waals surface area contributed by atoms with Gasteiger partial charge in [0.1, 0.15) is 5.75 Å². The van der Waals surface area contributed by atoms with E-state index in [2.05, 4.69) is 34.4 Å². The number of nitrogens with zero attached hydrogens (tertiary/aromatic N) is 3. The van der Waals surface area contributed by atoms with E-state index in [9.17, 15) is 4.79 Å². The van der Waals surface area contributed by atoms with Gasteiger partial charge in [-0.2, -0.15) is 0 Å². The molecule has 2 heterocycles. The monoisotopic (exact) mass is 543 g/mol. The van der Waals surface area contributed by atoms with Crippen LogP contribution in [0.15, 0.2) is 29.3 Å². The Morgan fingerprint density at radius 1 is 1.16 bits per heavy atom. The molecule has 0 saturated carbocycles. The predicted octanol–water partition coefficient (Wildman–Crippen LogP) is 3.10. The number of anilines is 1. The number of guanidine groups is 1. The number of aliphatic imine (C=N–C) groups is 1. The summed E-state index contributed by atoms with van der Waals surface area (Å²) in [4.78, 5) is 21.3. The Morgan fingerprint density at radius 3 is 2.71 bits per heavy atom. The second-order valence-electron chi connectivity index (χ2n) is 8.22. The lowest BCUT2D eigenvalue weighted by Gasteiger charge is -2.30. The predicted molar refractivity (Wildman–Crippen MR) is 138 cm³/mol. The molecule has 1 fully saturated rings. The molecule has 31 heavy (non-hydrogen) atoms. The highest BCUT2D eigenvalue weighted by Gasteiger charge is 2.24. The smallest absolute Gasteiger partial charge is 0.265 e. The molecule has 2 N–H and O–H groups in total. The Bertz CT molecular complexity index is 707. The van der Waals surface area contributed by atoms with E-state index >= 15 is 0 Å². The second-order valence-corrected chi connectivity index (χ2v) is 8.22. The number of hydrogen-bond donors (Lipinski definition) is 2. The average Bonchev–Trinajstić information content (AvgIpc) is 2.76. The van der Waals surface area contributed by atoms with E-state index in [1.165, 1.54) is 25.9 Å². The SMILES string of the molecule is CCNC(=NCCCN1C(=O)COc2ccccc21)NCCCN1CCC(C)CC1.I. The van der Waals surface area contributed by atoms with Gasteiger partial charge in [0.15, 0.2) is 12.6 Å². The first-order chi connectivity index (χ1) is 14.7. The number of ether oxygens (including phenoxy) is 1. The van der Waals surface area contributed by atoms with Crippen molar-refractivity contribution < 1.29 is 9.53 Å². The molecule has 0 bridgehead atoms. The molecule has 174 valence electrons. The maximum atomic E-state index is 12.2. The molecule has 0 spiro atoms. The third-order valence-electron chi connectivity index (χ3n) is 5.78. The van der Waals surface area contributed by atoms with Crippen molar-refractivity contribution in [2.45, 2.75) is 39.5 Å². The first-order valence-electron chi connectivity index (χ1n) is 11.4. The summed E-state index contributed by atoms with van der Waals surface area (Å²) in [7, 11) is 0. The van der Waals surface area contributed by atoms with Gasteiger partial charge < -0.3 is 25.2 Å². The van der Waals surface area contributed by atoms with Crippen molar-refractivity contribution >= 4 is 41.5 Å². The third-order valence-corrected chi connectivity index (χ3v) is 5.78. The van der Waals surface area contributed by atoms with E-state index in [1.54, 1.807) is 0 Å². The fraction of sp³-hybridized carbons (Fsp3) is 0.652. The first-order valence-corrected chi connectivity index (χ1v) is 11.4. The van der Waals surface area contributed by atoms with Crippen LogP contribution in [0.3, 0.4) is 0 Å². The van der Waals surface area contributed by atoms with Crippen molar-refractivity contribution in [3.05, 3.63) is 24.3 Å². The summed E-state index contributed by atoms with van der Waals surface area (Å²) in [5.41, 5.74) is 0.856. The van der Waals surface area contributed by atoms with Crippen LogP contribution in [0.25, 0.3) is 0 Å². The minimum atomic E-state index is 0. The van der Waals surface area contributed by atoms with Crippen LogP contribution >= 0.6 is 24.0 Å². The highest BCUT2D eigenvalue weighted by molar-refractivity contribution is 14.0. The molecule has 8 heteroatoms. The van der Waals surface area contributed by atoms with Gasteiger partial charge in [0.2, 0.25) is 0 Å². The molecule has 1 aromatic rings. The maximum Gasteiger partial charge on any atom is 0.265 e. The number of hydrogen-bond acceptors (Lipinski definition) is 4. The van der Waals surface area contributed by atoms with Crippen LogP contribution in [0.1, 0.15) is 39.5 Å². The number of para-hydroxylation sites is 2. The Morgan fingerprint density at radius 2 is 1.94 bits per heavy atom. The summed E-state index contributed by atoms with van der Waals surface area (Å²) >= 11 is 0. The number of piperidine rings is 1. The van der Waals surface area contributed by atoms with Crippen molar-refractivity contribution in [2.24, 2.45) is 10.9 Å². The van der Waals surface area contributed by atoms with Gasteiger partial charge in [-0.25, -0.2) is 0 Å². The zero-order chi connectivity index (χ0) is 21.2. The molecule has 1 amide bonds. The van der Waals surface area contributed by atoms with Crippen LogP contribution in [0.2, 0.25) is 0 Å². The van der Waals surface area contributed by atoms with Crippen LogP contribution in [0.4, 0.5) is 5.69 Å². The first kappa shape index (κ1) is 25.7. The maximum absolute atomic E-state index is 12.2. The summed E-state index contributed by atoms with van der Waals surface area (Å²) in [6, 6.07) is 7.70. The minimum Gasteiger partial charge on any atom is -0.482 e. The molecular formula is C23H38IN5O2. The molecule has 7 nitrogen and oxygen atoms in total.